The smallest absolute Gasteiger partial charge is 0.337 e. The van der Waals surface area contributed by atoms with Crippen molar-refractivity contribution in [2.45, 2.75) is 32.7 Å². The number of para-hydroxylation sites is 1. The van der Waals surface area contributed by atoms with Gasteiger partial charge in [0.05, 0.1) is 28.7 Å². The average Bonchev–Trinajstić information content (AvgIpc) is 2.77. The Hall–Kier alpha value is -1.88. The van der Waals surface area contributed by atoms with Crippen molar-refractivity contribution < 1.29 is 14.6 Å². The van der Waals surface area contributed by atoms with Crippen LogP contribution in [-0.4, -0.2) is 34.3 Å². The van der Waals surface area contributed by atoms with Gasteiger partial charge in [-0.25, -0.2) is 9.78 Å². The van der Waals surface area contributed by atoms with Gasteiger partial charge >= 0.3 is 5.97 Å². The van der Waals surface area contributed by atoms with E-state index in [1.165, 1.54) is 0 Å². The molecule has 0 fully saturated rings. The molecule has 1 aromatic carbocycles. The maximum absolute atomic E-state index is 11.5. The third-order valence-corrected chi connectivity index (χ3v) is 3.40. The fraction of sp³-hybridized carbons (Fsp3) is 0.467. The topological polar surface area (TPSA) is 64.3 Å². The number of aromatic carboxylic acids is 1. The van der Waals surface area contributed by atoms with Gasteiger partial charge in [-0.1, -0.05) is 13.0 Å². The van der Waals surface area contributed by atoms with E-state index in [1.807, 2.05) is 31.4 Å². The first-order valence-corrected chi connectivity index (χ1v) is 6.65. The van der Waals surface area contributed by atoms with Crippen molar-refractivity contribution in [3.8, 4) is 0 Å². The zero-order valence-corrected chi connectivity index (χ0v) is 12.3. The highest BCUT2D eigenvalue weighted by atomic mass is 16.5. The number of imidazole rings is 1. The molecule has 0 saturated carbocycles. The molecule has 5 nitrogen and oxygen atoms in total. The van der Waals surface area contributed by atoms with Crippen LogP contribution in [0, 0.1) is 0 Å². The Morgan fingerprint density at radius 3 is 2.70 bits per heavy atom. The van der Waals surface area contributed by atoms with Gasteiger partial charge in [0.2, 0.25) is 0 Å². The van der Waals surface area contributed by atoms with Crippen molar-refractivity contribution in [3.63, 3.8) is 0 Å². The van der Waals surface area contributed by atoms with Crippen LogP contribution < -0.4 is 0 Å². The van der Waals surface area contributed by atoms with Crippen LogP contribution in [-0.2, 0) is 16.7 Å². The average molecular weight is 276 g/mol. The minimum absolute atomic E-state index is 0.277. The molecule has 0 atom stereocenters. The lowest BCUT2D eigenvalue weighted by Crippen LogP contribution is -2.33. The van der Waals surface area contributed by atoms with Gasteiger partial charge in [0.15, 0.2) is 0 Å². The van der Waals surface area contributed by atoms with E-state index in [1.54, 1.807) is 19.2 Å². The first kappa shape index (κ1) is 14.5. The maximum atomic E-state index is 11.5. The molecule has 108 valence electrons. The molecule has 20 heavy (non-hydrogen) atoms. The van der Waals surface area contributed by atoms with Gasteiger partial charge in [-0.2, -0.15) is 0 Å². The number of rotatable bonds is 5. The first-order chi connectivity index (χ1) is 9.42. The Kier molecular flexibility index (Phi) is 3.81. The molecule has 0 spiro atoms. The van der Waals surface area contributed by atoms with Crippen LogP contribution in [0.5, 0.6) is 0 Å². The number of nitrogens with zero attached hydrogens (tertiary/aromatic N) is 2. The Morgan fingerprint density at radius 2 is 2.15 bits per heavy atom. The number of ether oxygens (including phenoxy) is 1. The van der Waals surface area contributed by atoms with Crippen molar-refractivity contribution in [1.29, 1.82) is 0 Å². The molecule has 2 aromatic rings. The largest absolute Gasteiger partial charge is 0.478 e. The summed E-state index contributed by atoms with van der Waals surface area (Å²) in [4.78, 5) is 16.0. The highest BCUT2D eigenvalue weighted by Crippen LogP contribution is 2.28. The highest BCUT2D eigenvalue weighted by Gasteiger charge is 2.28. The van der Waals surface area contributed by atoms with Gasteiger partial charge in [0.25, 0.3) is 0 Å². The number of aromatic nitrogens is 2. The third-order valence-electron chi connectivity index (χ3n) is 3.40. The lowest BCUT2D eigenvalue weighted by Gasteiger charge is -2.29. The molecule has 2 rings (SSSR count). The van der Waals surface area contributed by atoms with Gasteiger partial charge in [0.1, 0.15) is 5.82 Å². The molecular formula is C15H20N2O3. The highest BCUT2D eigenvalue weighted by molar-refractivity contribution is 6.01. The Balaban J connectivity index is 2.82. The molecule has 0 bridgehead atoms. The number of carboxylic acids is 1. The number of benzene rings is 1. The molecule has 0 saturated heterocycles. The Bertz CT molecular complexity index is 644. The van der Waals surface area contributed by atoms with Crippen LogP contribution in [0.15, 0.2) is 18.2 Å². The second-order valence-corrected chi connectivity index (χ2v) is 5.44. The fourth-order valence-corrected chi connectivity index (χ4v) is 2.65. The summed E-state index contributed by atoms with van der Waals surface area (Å²) in [5.41, 5.74) is 1.30. The number of carbonyl (C=O) groups is 1. The monoisotopic (exact) mass is 276 g/mol. The van der Waals surface area contributed by atoms with Crippen LogP contribution in [0.25, 0.3) is 11.0 Å². The number of aryl methyl sites for hydroxylation is 1. The Morgan fingerprint density at radius 1 is 1.45 bits per heavy atom. The number of hydrogen-bond donors (Lipinski definition) is 1. The summed E-state index contributed by atoms with van der Waals surface area (Å²) in [6, 6.07) is 5.19. The van der Waals surface area contributed by atoms with Gasteiger partial charge in [-0.15, -0.1) is 0 Å². The lowest BCUT2D eigenvalue weighted by atomic mass is 10.0. The van der Waals surface area contributed by atoms with Crippen molar-refractivity contribution in [3.05, 3.63) is 29.6 Å². The number of carboxylic acid groups (broad SMARTS) is 1. The zero-order chi connectivity index (χ0) is 14.9. The normalized spacial score (nSPS) is 12.0. The van der Waals surface area contributed by atoms with Crippen molar-refractivity contribution in [2.75, 3.05) is 13.7 Å². The fourth-order valence-electron chi connectivity index (χ4n) is 2.65. The summed E-state index contributed by atoms with van der Waals surface area (Å²) in [7, 11) is 1.64. The first-order valence-electron chi connectivity index (χ1n) is 6.65. The molecule has 1 N–H and O–H groups in total. The molecular weight excluding hydrogens is 256 g/mol. The van der Waals surface area contributed by atoms with Crippen molar-refractivity contribution in [1.82, 2.24) is 9.55 Å². The van der Waals surface area contributed by atoms with E-state index in [0.717, 1.165) is 12.2 Å². The van der Waals surface area contributed by atoms with Crippen LogP contribution in [0.4, 0.5) is 0 Å². The van der Waals surface area contributed by atoms with Gasteiger partial charge in [-0.05, 0) is 26.0 Å². The predicted molar refractivity (Wildman–Crippen MR) is 77.3 cm³/mol. The third kappa shape index (κ3) is 2.29. The Labute approximate surface area is 118 Å². The van der Waals surface area contributed by atoms with Gasteiger partial charge < -0.3 is 14.4 Å². The minimum Gasteiger partial charge on any atom is -0.478 e. The minimum atomic E-state index is -0.937. The lowest BCUT2D eigenvalue weighted by molar-refractivity contribution is 0.0697. The van der Waals surface area contributed by atoms with Gasteiger partial charge in [0, 0.05) is 13.5 Å². The number of methoxy groups -OCH3 is 1. The summed E-state index contributed by atoms with van der Waals surface area (Å²) in [6.45, 7) is 6.55. The summed E-state index contributed by atoms with van der Waals surface area (Å²) in [5.74, 6) is -0.0663. The standard InChI is InChI=1S/C15H20N2O3/c1-5-12-16-11-8-6-7-10(14(18)19)13(11)17(12)15(2,3)9-20-4/h6-8H,5,9H2,1-4H3,(H,18,19). The summed E-state index contributed by atoms with van der Waals surface area (Å²) >= 11 is 0. The van der Waals surface area contributed by atoms with E-state index >= 15 is 0 Å². The molecule has 0 aliphatic carbocycles. The van der Waals surface area contributed by atoms with E-state index in [-0.39, 0.29) is 11.1 Å². The molecule has 1 heterocycles. The van der Waals surface area contributed by atoms with E-state index in [9.17, 15) is 9.90 Å². The van der Waals surface area contributed by atoms with Crippen LogP contribution >= 0.6 is 0 Å². The van der Waals surface area contributed by atoms with Crippen LogP contribution in [0.3, 0.4) is 0 Å². The second kappa shape index (κ2) is 5.25. The van der Waals surface area contributed by atoms with Crippen molar-refractivity contribution >= 4 is 17.0 Å². The zero-order valence-electron chi connectivity index (χ0n) is 12.3. The molecule has 0 aliphatic rings. The van der Waals surface area contributed by atoms with E-state index in [0.29, 0.717) is 17.6 Å². The van der Waals surface area contributed by atoms with E-state index in [4.69, 9.17) is 4.74 Å². The molecule has 0 amide bonds. The van der Waals surface area contributed by atoms with Crippen molar-refractivity contribution in [2.24, 2.45) is 0 Å². The SMILES string of the molecule is CCc1nc2cccc(C(=O)O)c2n1C(C)(C)COC. The quantitative estimate of drug-likeness (QED) is 0.912. The predicted octanol–water partition coefficient (Wildman–Crippen LogP) is 2.68. The number of hydrogen-bond acceptors (Lipinski definition) is 3. The van der Waals surface area contributed by atoms with E-state index < -0.39 is 5.97 Å². The summed E-state index contributed by atoms with van der Waals surface area (Å²) in [5, 5.41) is 9.41. The second-order valence-electron chi connectivity index (χ2n) is 5.44. The maximum Gasteiger partial charge on any atom is 0.337 e. The van der Waals surface area contributed by atoms with E-state index in [2.05, 4.69) is 4.98 Å². The molecule has 0 aliphatic heterocycles. The van der Waals surface area contributed by atoms with Gasteiger partial charge in [-0.3, -0.25) is 0 Å². The number of fused-ring (bicyclic) bond motifs is 1. The summed E-state index contributed by atoms with van der Waals surface area (Å²) < 4.78 is 7.28. The summed E-state index contributed by atoms with van der Waals surface area (Å²) in [6.07, 6.45) is 0.737. The molecule has 0 radical (unpaired) electrons. The molecule has 5 heteroatoms. The van der Waals surface area contributed by atoms with Crippen LogP contribution in [0.1, 0.15) is 37.0 Å². The van der Waals surface area contributed by atoms with Crippen LogP contribution in [0.2, 0.25) is 0 Å². The molecule has 1 aromatic heterocycles. The molecule has 0 unspecified atom stereocenters.